The van der Waals surface area contributed by atoms with Gasteiger partial charge in [-0.05, 0) is 12.1 Å². The second kappa shape index (κ2) is 18.4. The smallest absolute Gasteiger partial charge is 0.275 e. The number of aromatic nitrogens is 8. The Bertz CT molecular complexity index is 2290. The molecule has 0 bridgehead atoms. The summed E-state index contributed by atoms with van der Waals surface area (Å²) in [5, 5.41) is 37.8. The molecule has 0 radical (unpaired) electrons. The number of alkyl halides is 2. The number of anilines is 4. The molecule has 1 aromatic carbocycles. The third-order valence-corrected chi connectivity index (χ3v) is 8.58. The second-order valence-corrected chi connectivity index (χ2v) is 13.1. The normalized spacial score (nSPS) is 11.0. The van der Waals surface area contributed by atoms with Gasteiger partial charge in [-0.2, -0.15) is 20.4 Å². The summed E-state index contributed by atoms with van der Waals surface area (Å²) in [7, 11) is 6.08. The summed E-state index contributed by atoms with van der Waals surface area (Å²) in [5.41, 5.74) is 6.07. The molecule has 0 atom stereocenters. The third-order valence-electron chi connectivity index (χ3n) is 8.24. The van der Waals surface area contributed by atoms with Crippen molar-refractivity contribution in [3.05, 3.63) is 82.9 Å². The minimum atomic E-state index is -0.641. The first-order valence-corrected chi connectivity index (χ1v) is 18.2. The molecule has 0 fully saturated rings. The van der Waals surface area contributed by atoms with Crippen LogP contribution in [-0.2, 0) is 28.2 Å². The van der Waals surface area contributed by atoms with Gasteiger partial charge in [0.15, 0.2) is 23.3 Å². The summed E-state index contributed by atoms with van der Waals surface area (Å²) in [6.45, 7) is 0.709. The molecule has 5 aromatic rings. The first-order valence-electron chi connectivity index (χ1n) is 17.2. The molecule has 21 nitrogen and oxygen atoms in total. The van der Waals surface area contributed by atoms with Gasteiger partial charge in [0.05, 0.1) is 5.84 Å². The predicted octanol–water partition coefficient (Wildman–Crippen LogP) is 1.77. The van der Waals surface area contributed by atoms with Gasteiger partial charge in [-0.25, -0.2) is 10.0 Å². The van der Waals surface area contributed by atoms with E-state index in [1.165, 1.54) is 69.1 Å². The molecular weight excluding hydrogens is 783 g/mol. The Kier molecular flexibility index (Phi) is 13.4. The van der Waals surface area contributed by atoms with E-state index in [4.69, 9.17) is 34.3 Å². The quantitative estimate of drug-likeness (QED) is 0.0341. The molecular formula is C34H40Cl2N16O5. The molecule has 0 saturated carbocycles. The average molecular weight is 824 g/mol. The topological polar surface area (TPSA) is 261 Å². The fourth-order valence-corrected chi connectivity index (χ4v) is 5.91. The molecule has 5 amide bonds. The van der Waals surface area contributed by atoms with Crippen LogP contribution in [0.4, 0.5) is 23.3 Å². The van der Waals surface area contributed by atoms with E-state index >= 15 is 0 Å². The summed E-state index contributed by atoms with van der Waals surface area (Å²) in [6.07, 6.45) is 0.184. The second-order valence-electron chi connectivity index (χ2n) is 12.3. The number of nitrogens with zero attached hydrogens (tertiary/aromatic N) is 10. The number of amidine groups is 1. The predicted molar refractivity (Wildman–Crippen MR) is 212 cm³/mol. The fourth-order valence-electron chi connectivity index (χ4n) is 5.52. The lowest BCUT2D eigenvalue weighted by molar-refractivity contribution is 0.0899. The molecule has 0 unspecified atom stereocenters. The highest BCUT2D eigenvalue weighted by Gasteiger charge is 2.29. The molecule has 57 heavy (non-hydrogen) atoms. The number of hydrazine groups is 1. The van der Waals surface area contributed by atoms with Crippen LogP contribution in [-0.4, -0.2) is 111 Å². The molecule has 0 saturated heterocycles. The maximum Gasteiger partial charge on any atom is 0.275 e. The van der Waals surface area contributed by atoms with Gasteiger partial charge < -0.3 is 27.0 Å². The summed E-state index contributed by atoms with van der Waals surface area (Å²) >= 11 is 12.1. The average Bonchev–Trinajstić information content (AvgIpc) is 3.93. The lowest BCUT2D eigenvalue weighted by atomic mass is 10.2. The van der Waals surface area contributed by atoms with Gasteiger partial charge in [0.25, 0.3) is 29.5 Å². The van der Waals surface area contributed by atoms with Crippen LogP contribution in [0.5, 0.6) is 0 Å². The summed E-state index contributed by atoms with van der Waals surface area (Å²) < 4.78 is 5.10. The number of hydrogen-bond donors (Lipinski definition) is 6. The molecule has 300 valence electrons. The SMILES string of the molecule is Cn1nc(NC(=O)c2cc(NC(=O)c3cc(NC(=O)c4cc(N(C(=O)c5ccccc5)N(CCCl)CCCl)nn4C)nn3C)nn2C)cc1C(=O)NCCC(=N)N. The van der Waals surface area contributed by atoms with Crippen molar-refractivity contribution in [2.75, 3.05) is 52.4 Å². The lowest BCUT2D eigenvalue weighted by Gasteiger charge is -2.32. The summed E-state index contributed by atoms with van der Waals surface area (Å²) in [6, 6.07) is 14.1. The molecule has 0 aliphatic rings. The minimum absolute atomic E-state index is 0.0420. The van der Waals surface area contributed by atoms with Crippen molar-refractivity contribution in [3.63, 3.8) is 0 Å². The van der Waals surface area contributed by atoms with E-state index in [0.29, 0.717) is 5.56 Å². The largest absolute Gasteiger partial charge is 0.388 e. The fraction of sp³-hybridized carbons (Fsp3) is 0.294. The van der Waals surface area contributed by atoms with E-state index in [1.54, 1.807) is 42.4 Å². The van der Waals surface area contributed by atoms with Gasteiger partial charge in [0.2, 0.25) is 0 Å². The molecule has 0 spiro atoms. The molecule has 4 heterocycles. The van der Waals surface area contributed by atoms with Crippen LogP contribution in [0.25, 0.3) is 0 Å². The number of rotatable bonds is 17. The number of carbonyl (C=O) groups is 5. The van der Waals surface area contributed by atoms with Crippen molar-refractivity contribution in [1.29, 1.82) is 5.41 Å². The molecule has 4 aromatic heterocycles. The lowest BCUT2D eigenvalue weighted by Crippen LogP contribution is -2.49. The first-order chi connectivity index (χ1) is 27.2. The van der Waals surface area contributed by atoms with Crippen LogP contribution >= 0.6 is 23.2 Å². The van der Waals surface area contributed by atoms with Crippen molar-refractivity contribution >= 4 is 81.8 Å². The Hall–Kier alpha value is -6.58. The van der Waals surface area contributed by atoms with Gasteiger partial charge in [-0.3, -0.25) is 48.1 Å². The highest BCUT2D eigenvalue weighted by Crippen LogP contribution is 2.22. The minimum Gasteiger partial charge on any atom is -0.388 e. The molecule has 0 aliphatic heterocycles. The van der Waals surface area contributed by atoms with E-state index in [-0.39, 0.29) is 89.7 Å². The number of halogens is 2. The monoisotopic (exact) mass is 822 g/mol. The van der Waals surface area contributed by atoms with Crippen molar-refractivity contribution in [2.45, 2.75) is 6.42 Å². The van der Waals surface area contributed by atoms with Gasteiger partial charge >= 0.3 is 0 Å². The Morgan fingerprint density at radius 2 is 1.09 bits per heavy atom. The number of hydrogen-bond acceptors (Lipinski definition) is 11. The maximum absolute atomic E-state index is 13.7. The maximum atomic E-state index is 13.7. The number of nitrogens with two attached hydrogens (primary N) is 1. The van der Waals surface area contributed by atoms with Crippen molar-refractivity contribution in [3.8, 4) is 0 Å². The number of benzene rings is 1. The van der Waals surface area contributed by atoms with Crippen molar-refractivity contribution in [1.82, 2.24) is 49.4 Å². The van der Waals surface area contributed by atoms with E-state index in [9.17, 15) is 24.0 Å². The van der Waals surface area contributed by atoms with E-state index < -0.39 is 29.5 Å². The first kappa shape index (κ1) is 41.6. The molecule has 0 aliphatic carbocycles. The van der Waals surface area contributed by atoms with Crippen LogP contribution in [0.15, 0.2) is 54.6 Å². The van der Waals surface area contributed by atoms with Crippen molar-refractivity contribution in [2.24, 2.45) is 33.9 Å². The highest BCUT2D eigenvalue weighted by atomic mass is 35.5. The number of amides is 5. The standard InChI is InChI=1S/C34H40Cl2N16O5/c1-47-21(30(53)39-13-10-25(37)38)16-26(43-47)40-31(54)22-17-27(44-48(22)2)41-32(55)23-18-28(45-49(23)3)42-33(56)24-19-29(46-50(24)4)52(51(14-11-35)15-12-36)34(57)20-8-6-5-7-9-20/h5-9,16-19H,10-15H2,1-4H3,(H3,37,38)(H,39,53)(H,40,43,54)(H,41,44,55)(H,42,45,56). The number of nitrogens with one attached hydrogen (secondary N) is 5. The van der Waals surface area contributed by atoms with Crippen LogP contribution in [0.1, 0.15) is 58.7 Å². The highest BCUT2D eigenvalue weighted by molar-refractivity contribution is 6.18. The molecule has 5 rings (SSSR count). The van der Waals surface area contributed by atoms with Gasteiger partial charge in [-0.1, -0.05) is 18.2 Å². The van der Waals surface area contributed by atoms with Crippen LogP contribution in [0, 0.1) is 5.41 Å². The zero-order valence-electron chi connectivity index (χ0n) is 31.3. The van der Waals surface area contributed by atoms with Crippen LogP contribution in [0.3, 0.4) is 0 Å². The Labute approximate surface area is 335 Å². The molecule has 7 N–H and O–H groups in total. The zero-order valence-corrected chi connectivity index (χ0v) is 32.8. The number of aryl methyl sites for hydroxylation is 4. The Morgan fingerprint density at radius 3 is 1.53 bits per heavy atom. The zero-order chi connectivity index (χ0) is 41.4. The Balaban J connectivity index is 1.26. The summed E-state index contributed by atoms with van der Waals surface area (Å²) in [4.78, 5) is 66.1. The van der Waals surface area contributed by atoms with Gasteiger partial charge in [-0.15, -0.1) is 23.2 Å². The summed E-state index contributed by atoms with van der Waals surface area (Å²) in [5.74, 6) is -2.08. The number of carbonyl (C=O) groups excluding carboxylic acids is 5. The van der Waals surface area contributed by atoms with E-state index in [0.717, 1.165) is 0 Å². The van der Waals surface area contributed by atoms with Crippen LogP contribution < -0.4 is 32.0 Å². The van der Waals surface area contributed by atoms with E-state index in [1.807, 2.05) is 0 Å². The Morgan fingerprint density at radius 1 is 0.667 bits per heavy atom. The molecule has 23 heteroatoms. The van der Waals surface area contributed by atoms with Gasteiger partial charge in [0, 0.05) is 95.8 Å². The van der Waals surface area contributed by atoms with Crippen LogP contribution in [0.2, 0.25) is 0 Å². The van der Waals surface area contributed by atoms with E-state index in [2.05, 4.69) is 41.7 Å². The van der Waals surface area contributed by atoms with Gasteiger partial charge in [0.1, 0.15) is 22.8 Å². The van der Waals surface area contributed by atoms with Crippen molar-refractivity contribution < 1.29 is 24.0 Å². The third kappa shape index (κ3) is 10.00.